The predicted octanol–water partition coefficient (Wildman–Crippen LogP) is 4.92. The fourth-order valence-corrected chi connectivity index (χ4v) is 11.3. The molecule has 9 nitrogen and oxygen atoms in total. The highest BCUT2D eigenvalue weighted by atomic mass is 35.5. The number of hydrogen-bond acceptors (Lipinski definition) is 7. The molecule has 11 heteroatoms. The van der Waals surface area contributed by atoms with E-state index in [9.17, 15) is 18.9 Å². The topological polar surface area (TPSA) is 102 Å². The number of piperazine rings is 1. The van der Waals surface area contributed by atoms with Crippen molar-refractivity contribution >= 4 is 44.7 Å². The molecule has 1 unspecified atom stereocenters. The first-order valence-corrected chi connectivity index (χ1v) is 21.1. The number of amides is 2. The van der Waals surface area contributed by atoms with E-state index in [2.05, 4.69) is 38.4 Å². The van der Waals surface area contributed by atoms with E-state index in [1.165, 1.54) is 11.1 Å². The SMILES string of the molecule is C#CCN1CCN(C[C@]2(O)CCC[C@H](C)[C@@H](C)S(=C)(=O)NC(=O)c3ccc4c(c3)N(C[C@@H]3CC[C@H]32)C[C@@]2(CCCc3cc(Cl)ccc32)CO4)CC1=O. The molecule has 2 fully saturated rings. The molecule has 7 rings (SSSR count). The second-order valence-electron chi connectivity index (χ2n) is 16.3. The maximum Gasteiger partial charge on any atom is 0.262 e. The van der Waals surface area contributed by atoms with Crippen molar-refractivity contribution in [2.75, 3.05) is 57.3 Å². The molecule has 1 saturated heterocycles. The average molecular weight is 749 g/mol. The van der Waals surface area contributed by atoms with Crippen LogP contribution < -0.4 is 14.4 Å². The molecule has 0 radical (unpaired) electrons. The van der Waals surface area contributed by atoms with E-state index in [4.69, 9.17) is 22.8 Å². The lowest BCUT2D eigenvalue weighted by atomic mass is 9.62. The number of benzene rings is 2. The van der Waals surface area contributed by atoms with Gasteiger partial charge in [0, 0.05) is 54.0 Å². The van der Waals surface area contributed by atoms with Crippen LogP contribution in [0.25, 0.3) is 0 Å². The van der Waals surface area contributed by atoms with Gasteiger partial charge in [-0.3, -0.25) is 19.2 Å². The van der Waals surface area contributed by atoms with E-state index in [1.54, 1.807) is 11.0 Å². The summed E-state index contributed by atoms with van der Waals surface area (Å²) < 4.78 is 23.5. The van der Waals surface area contributed by atoms with Crippen LogP contribution in [0.3, 0.4) is 0 Å². The highest BCUT2D eigenvalue weighted by Gasteiger charge is 2.50. The van der Waals surface area contributed by atoms with Gasteiger partial charge in [0.1, 0.15) is 5.75 Å². The van der Waals surface area contributed by atoms with E-state index in [-0.39, 0.29) is 40.9 Å². The van der Waals surface area contributed by atoms with E-state index in [1.807, 2.05) is 32.0 Å². The lowest BCUT2D eigenvalue weighted by molar-refractivity contribution is -0.141. The van der Waals surface area contributed by atoms with Crippen LogP contribution in [0.2, 0.25) is 5.02 Å². The molecule has 2 aliphatic carbocycles. The van der Waals surface area contributed by atoms with Crippen LogP contribution >= 0.6 is 11.6 Å². The van der Waals surface area contributed by atoms with Gasteiger partial charge in [-0.15, -0.1) is 6.42 Å². The van der Waals surface area contributed by atoms with Gasteiger partial charge < -0.3 is 19.6 Å². The van der Waals surface area contributed by atoms with Crippen LogP contribution in [-0.4, -0.2) is 100 Å². The molecule has 3 aliphatic heterocycles. The Bertz CT molecular complexity index is 1860. The van der Waals surface area contributed by atoms with Crippen LogP contribution in [0.4, 0.5) is 5.69 Å². The zero-order valence-electron chi connectivity index (χ0n) is 30.6. The Kier molecular flexibility index (Phi) is 10.4. The summed E-state index contributed by atoms with van der Waals surface area (Å²) in [6.45, 7) is 7.97. The van der Waals surface area contributed by atoms with Crippen LogP contribution in [0, 0.1) is 30.1 Å². The van der Waals surface area contributed by atoms with Crippen molar-refractivity contribution in [2.24, 2.45) is 17.8 Å². The second kappa shape index (κ2) is 14.5. The van der Waals surface area contributed by atoms with Gasteiger partial charge in [-0.1, -0.05) is 36.9 Å². The molecular formula is C41H53ClN4O5S. The number of nitrogens with one attached hydrogen (secondary N) is 1. The van der Waals surface area contributed by atoms with E-state index in [0.29, 0.717) is 63.6 Å². The summed E-state index contributed by atoms with van der Waals surface area (Å²) in [5.41, 5.74) is 2.45. The van der Waals surface area contributed by atoms with Crippen LogP contribution in [0.5, 0.6) is 5.75 Å². The van der Waals surface area contributed by atoms with Gasteiger partial charge in [0.2, 0.25) is 5.91 Å². The van der Waals surface area contributed by atoms with Gasteiger partial charge in [0.15, 0.2) is 0 Å². The van der Waals surface area contributed by atoms with Crippen molar-refractivity contribution in [3.8, 4) is 18.1 Å². The Morgan fingerprint density at radius 2 is 1.94 bits per heavy atom. The minimum Gasteiger partial charge on any atom is -0.490 e. The summed E-state index contributed by atoms with van der Waals surface area (Å²) in [7, 11) is -2.99. The summed E-state index contributed by atoms with van der Waals surface area (Å²) in [5.74, 6) is 7.13. The highest BCUT2D eigenvalue weighted by molar-refractivity contribution is 7.99. The quantitative estimate of drug-likeness (QED) is 0.340. The number of terminal acetylenes is 1. The highest BCUT2D eigenvalue weighted by Crippen LogP contribution is 2.49. The van der Waals surface area contributed by atoms with Gasteiger partial charge in [0.05, 0.1) is 40.7 Å². The molecular weight excluding hydrogens is 696 g/mol. The third-order valence-electron chi connectivity index (χ3n) is 13.0. The molecule has 2 aromatic carbocycles. The molecule has 280 valence electrons. The summed E-state index contributed by atoms with van der Waals surface area (Å²) in [4.78, 5) is 33.0. The molecule has 1 saturated carbocycles. The van der Waals surface area contributed by atoms with E-state index >= 15 is 0 Å². The Morgan fingerprint density at radius 1 is 1.12 bits per heavy atom. The summed E-state index contributed by atoms with van der Waals surface area (Å²) in [6.07, 6.45) is 12.4. The zero-order chi connectivity index (χ0) is 36.8. The number of nitrogens with zero attached hydrogens (tertiary/aromatic N) is 3. The van der Waals surface area contributed by atoms with Crippen molar-refractivity contribution in [1.82, 2.24) is 14.5 Å². The van der Waals surface area contributed by atoms with Gasteiger partial charge in [-0.25, -0.2) is 4.21 Å². The van der Waals surface area contributed by atoms with Gasteiger partial charge in [-0.05, 0) is 117 Å². The van der Waals surface area contributed by atoms with Crippen LogP contribution in [0.1, 0.15) is 80.3 Å². The fourth-order valence-electron chi connectivity index (χ4n) is 9.62. The predicted molar refractivity (Wildman–Crippen MR) is 208 cm³/mol. The maximum absolute atomic E-state index is 14.0. The molecule has 0 aromatic heterocycles. The smallest absolute Gasteiger partial charge is 0.262 e. The number of aryl methyl sites for hydroxylation is 1. The van der Waals surface area contributed by atoms with Crippen LogP contribution in [-0.2, 0) is 26.3 Å². The minimum absolute atomic E-state index is 0.00260. The summed E-state index contributed by atoms with van der Waals surface area (Å²) in [6, 6.07) is 11.7. The first kappa shape index (κ1) is 37.1. The average Bonchev–Trinajstić information content (AvgIpc) is 3.23. The number of halogens is 1. The maximum atomic E-state index is 14.0. The number of rotatable bonds is 3. The first-order chi connectivity index (χ1) is 24.8. The molecule has 2 aromatic rings. The lowest BCUT2D eigenvalue weighted by Gasteiger charge is -2.52. The monoisotopic (exact) mass is 748 g/mol. The largest absolute Gasteiger partial charge is 0.490 e. The Labute approximate surface area is 314 Å². The van der Waals surface area contributed by atoms with Gasteiger partial charge in [-0.2, -0.15) is 0 Å². The van der Waals surface area contributed by atoms with Crippen molar-refractivity contribution < 1.29 is 23.6 Å². The Hall–Kier alpha value is -3.23. The number of carbonyl (C=O) groups excluding carboxylic acids is 2. The Balaban J connectivity index is 1.26. The number of fused-ring (bicyclic) bond motifs is 4. The molecule has 5 aliphatic rings. The number of aliphatic hydroxyl groups is 1. The van der Waals surface area contributed by atoms with Crippen molar-refractivity contribution in [3.05, 3.63) is 58.1 Å². The molecule has 3 heterocycles. The molecule has 2 amide bonds. The standard InChI is InChI=1S/C41H53ClN4O5S/c1-5-18-45-20-19-44(24-38(45)47)26-41(49)17-6-8-28(2)29(3)52(4,50)43-39(48)31-11-15-37-36(22-31)46(23-32-10-13-35(32)41)25-40(27-51-37)16-7-9-30-21-33(42)12-14-34(30)40/h1,11-12,14-15,21-22,28-29,32,35,49H,4,6-10,13,16-20,23-27H2,2-3H3,(H,43,48,50)/t28-,29+,32-,35+,40-,41+,52?/m0/s1. The molecule has 1 spiro atoms. The number of carbonyl (C=O) groups is 2. The number of ether oxygens (including phenoxy) is 1. The lowest BCUT2D eigenvalue weighted by Crippen LogP contribution is -2.60. The van der Waals surface area contributed by atoms with E-state index in [0.717, 1.165) is 55.7 Å². The molecule has 2 N–H and O–H groups in total. The van der Waals surface area contributed by atoms with Crippen molar-refractivity contribution in [3.63, 3.8) is 0 Å². The zero-order valence-corrected chi connectivity index (χ0v) is 32.2. The molecule has 52 heavy (non-hydrogen) atoms. The number of hydrogen-bond donors (Lipinski definition) is 2. The third kappa shape index (κ3) is 7.19. The minimum atomic E-state index is -2.99. The third-order valence-corrected chi connectivity index (χ3v) is 15.4. The second-order valence-corrected chi connectivity index (χ2v) is 19.1. The van der Waals surface area contributed by atoms with Crippen molar-refractivity contribution in [2.45, 2.75) is 81.5 Å². The summed E-state index contributed by atoms with van der Waals surface area (Å²) >= 11 is 6.48. The Morgan fingerprint density at radius 3 is 2.69 bits per heavy atom. The number of β-amino-alcohol motifs (C(OH)–C–C–N with tert-alkyl or cyclic N) is 1. The van der Waals surface area contributed by atoms with Gasteiger partial charge >= 0.3 is 0 Å². The molecule has 7 atom stereocenters. The van der Waals surface area contributed by atoms with Crippen LogP contribution in [0.15, 0.2) is 36.4 Å². The fraction of sp³-hybridized carbons (Fsp3) is 0.585. The summed E-state index contributed by atoms with van der Waals surface area (Å²) in [5, 5.41) is 13.2. The normalized spacial score (nSPS) is 34.2. The van der Waals surface area contributed by atoms with E-state index < -0.39 is 21.2 Å². The van der Waals surface area contributed by atoms with Gasteiger partial charge in [0.25, 0.3) is 5.91 Å². The molecule has 2 bridgehead atoms. The number of anilines is 1. The first-order valence-electron chi connectivity index (χ1n) is 19.0. The van der Waals surface area contributed by atoms with Crippen molar-refractivity contribution in [1.29, 1.82) is 0 Å².